The number of unbranched alkanes of at least 4 members (excludes halogenated alkanes) is 1. The smallest absolute Gasteiger partial charge is 0.292 e. The normalized spacial score (nSPS) is 17.8. The van der Waals surface area contributed by atoms with Crippen molar-refractivity contribution in [2.45, 2.75) is 25.6 Å². The summed E-state index contributed by atoms with van der Waals surface area (Å²) >= 11 is 0.645. The highest BCUT2D eigenvalue weighted by atomic mass is 32.2. The largest absolute Gasteiger partial charge is 0.472 e. The number of nitro benzene ring substituents is 1. The minimum Gasteiger partial charge on any atom is -0.472 e. The molecule has 0 saturated carbocycles. The zero-order valence-corrected chi connectivity index (χ0v) is 18.4. The number of hydrogen-bond acceptors (Lipinski definition) is 8. The average molecular weight is 471 g/mol. The zero-order chi connectivity index (χ0) is 23.4. The van der Waals surface area contributed by atoms with Crippen LogP contribution in [-0.2, 0) is 16.1 Å². The molecule has 0 radical (unpaired) electrons. The number of hydrogen-bond donors (Lipinski definition) is 0. The van der Waals surface area contributed by atoms with Crippen molar-refractivity contribution in [2.75, 3.05) is 19.9 Å². The number of nitro groups is 1. The van der Waals surface area contributed by atoms with E-state index in [1.54, 1.807) is 0 Å². The van der Waals surface area contributed by atoms with Crippen LogP contribution in [-0.4, -0.2) is 57.1 Å². The van der Waals surface area contributed by atoms with Gasteiger partial charge in [0.25, 0.3) is 16.8 Å². The third kappa shape index (κ3) is 5.15. The van der Waals surface area contributed by atoms with Crippen LogP contribution < -0.4 is 4.74 Å². The molecule has 2 aliphatic rings. The number of rotatable bonds is 9. The molecule has 1 fully saturated rings. The SMILES string of the molecule is O=C1SC(=O)N(Cc2ccccc2)C1OCCCCN1COc2ccc([N+](=O)[O-])cc2C1=O. The number of amides is 2. The molecule has 2 aliphatic heterocycles. The van der Waals surface area contributed by atoms with Crippen molar-refractivity contribution in [1.82, 2.24) is 9.80 Å². The summed E-state index contributed by atoms with van der Waals surface area (Å²) in [5, 5.41) is 10.3. The lowest BCUT2D eigenvalue weighted by Gasteiger charge is -2.28. The molecular weight excluding hydrogens is 450 g/mol. The topological polar surface area (TPSA) is 119 Å². The van der Waals surface area contributed by atoms with Crippen molar-refractivity contribution < 1.29 is 28.8 Å². The first kappa shape index (κ1) is 22.7. The van der Waals surface area contributed by atoms with Gasteiger partial charge in [-0.25, -0.2) is 0 Å². The van der Waals surface area contributed by atoms with Gasteiger partial charge < -0.3 is 14.4 Å². The molecule has 0 N–H and O–H groups in total. The van der Waals surface area contributed by atoms with Gasteiger partial charge in [0, 0.05) is 43.6 Å². The molecule has 0 aromatic heterocycles. The molecule has 0 spiro atoms. The van der Waals surface area contributed by atoms with Crippen LogP contribution in [0.2, 0.25) is 0 Å². The quantitative estimate of drug-likeness (QED) is 0.310. The summed E-state index contributed by atoms with van der Waals surface area (Å²) in [7, 11) is 0. The van der Waals surface area contributed by atoms with Gasteiger partial charge in [0.2, 0.25) is 11.3 Å². The Morgan fingerprint density at radius 1 is 1.12 bits per heavy atom. The van der Waals surface area contributed by atoms with E-state index >= 15 is 0 Å². The van der Waals surface area contributed by atoms with Crippen molar-refractivity contribution in [3.8, 4) is 5.75 Å². The Morgan fingerprint density at radius 2 is 1.91 bits per heavy atom. The lowest BCUT2D eigenvalue weighted by atomic mass is 10.1. The Labute approximate surface area is 193 Å². The molecule has 2 aromatic rings. The van der Waals surface area contributed by atoms with E-state index in [0.29, 0.717) is 36.9 Å². The predicted octanol–water partition coefficient (Wildman–Crippen LogP) is 3.41. The molecule has 1 saturated heterocycles. The molecule has 2 heterocycles. The number of thioether (sulfide) groups is 1. The maximum Gasteiger partial charge on any atom is 0.292 e. The van der Waals surface area contributed by atoms with Gasteiger partial charge in [-0.15, -0.1) is 0 Å². The van der Waals surface area contributed by atoms with Crippen molar-refractivity contribution >= 4 is 33.7 Å². The summed E-state index contributed by atoms with van der Waals surface area (Å²) in [4.78, 5) is 50.3. The molecule has 172 valence electrons. The van der Waals surface area contributed by atoms with Gasteiger partial charge in [-0.1, -0.05) is 30.3 Å². The maximum atomic E-state index is 12.7. The number of carbonyl (C=O) groups is 3. The Bertz CT molecular complexity index is 1080. The van der Waals surface area contributed by atoms with Crippen LogP contribution in [0.3, 0.4) is 0 Å². The van der Waals surface area contributed by atoms with Gasteiger partial charge in [0.1, 0.15) is 5.75 Å². The van der Waals surface area contributed by atoms with E-state index in [1.165, 1.54) is 28.0 Å². The van der Waals surface area contributed by atoms with Crippen LogP contribution in [0.1, 0.15) is 28.8 Å². The van der Waals surface area contributed by atoms with Crippen molar-refractivity contribution in [2.24, 2.45) is 0 Å². The predicted molar refractivity (Wildman–Crippen MR) is 119 cm³/mol. The van der Waals surface area contributed by atoms with Crippen LogP contribution in [0.15, 0.2) is 48.5 Å². The molecule has 11 heteroatoms. The van der Waals surface area contributed by atoms with Crippen molar-refractivity contribution in [1.29, 1.82) is 0 Å². The van der Waals surface area contributed by atoms with Crippen molar-refractivity contribution in [3.63, 3.8) is 0 Å². The summed E-state index contributed by atoms with van der Waals surface area (Å²) in [6.07, 6.45) is 0.183. The number of fused-ring (bicyclic) bond motifs is 1. The van der Waals surface area contributed by atoms with Crippen LogP contribution in [0.5, 0.6) is 5.75 Å². The fourth-order valence-electron chi connectivity index (χ4n) is 3.57. The summed E-state index contributed by atoms with van der Waals surface area (Å²) < 4.78 is 11.2. The molecule has 4 rings (SSSR count). The highest BCUT2D eigenvalue weighted by Crippen LogP contribution is 2.30. The molecule has 2 amide bonds. The fourth-order valence-corrected chi connectivity index (χ4v) is 4.32. The van der Waals surface area contributed by atoms with Crippen LogP contribution in [0, 0.1) is 10.1 Å². The van der Waals surface area contributed by atoms with Gasteiger partial charge in [-0.3, -0.25) is 29.4 Å². The fraction of sp³-hybridized carbons (Fsp3) is 0.318. The highest BCUT2D eigenvalue weighted by Gasteiger charge is 2.40. The van der Waals surface area contributed by atoms with Crippen LogP contribution in [0.25, 0.3) is 0 Å². The molecule has 10 nitrogen and oxygen atoms in total. The van der Waals surface area contributed by atoms with E-state index in [-0.39, 0.29) is 47.4 Å². The van der Waals surface area contributed by atoms with E-state index in [9.17, 15) is 24.5 Å². The Balaban J connectivity index is 1.26. The highest BCUT2D eigenvalue weighted by molar-refractivity contribution is 8.26. The van der Waals surface area contributed by atoms with Gasteiger partial charge in [0.05, 0.1) is 10.5 Å². The first-order valence-electron chi connectivity index (χ1n) is 10.3. The standard InChI is InChI=1S/C22H21N3O7S/c26-19-17-12-16(25(29)30)8-9-18(17)32-14-23(19)10-4-5-11-31-20-21(27)33-22(28)24(20)13-15-6-2-1-3-7-15/h1-3,6-9,12,20H,4-5,10-11,13-14H2. The summed E-state index contributed by atoms with van der Waals surface area (Å²) in [5.41, 5.74) is 0.892. The molecule has 2 aromatic carbocycles. The molecule has 33 heavy (non-hydrogen) atoms. The lowest BCUT2D eigenvalue weighted by molar-refractivity contribution is -0.384. The number of non-ortho nitro benzene ring substituents is 1. The molecule has 1 atom stereocenters. The number of carbonyl (C=O) groups excluding carboxylic acids is 3. The molecule has 0 bridgehead atoms. The van der Waals surface area contributed by atoms with Crippen LogP contribution in [0.4, 0.5) is 10.5 Å². The minimum absolute atomic E-state index is 0.0572. The summed E-state index contributed by atoms with van der Waals surface area (Å²) in [5.74, 6) is -0.00604. The van der Waals surface area contributed by atoms with Crippen LogP contribution >= 0.6 is 11.8 Å². The van der Waals surface area contributed by atoms with Gasteiger partial charge in [-0.05, 0) is 24.5 Å². The lowest BCUT2D eigenvalue weighted by Crippen LogP contribution is -2.39. The first-order valence-corrected chi connectivity index (χ1v) is 11.1. The third-order valence-corrected chi connectivity index (χ3v) is 6.08. The molecule has 0 aliphatic carbocycles. The van der Waals surface area contributed by atoms with E-state index in [1.807, 2.05) is 30.3 Å². The zero-order valence-electron chi connectivity index (χ0n) is 17.5. The van der Waals surface area contributed by atoms with E-state index in [4.69, 9.17) is 9.47 Å². The van der Waals surface area contributed by atoms with Crippen molar-refractivity contribution in [3.05, 3.63) is 69.8 Å². The van der Waals surface area contributed by atoms with E-state index in [0.717, 1.165) is 5.56 Å². The van der Waals surface area contributed by atoms with Gasteiger partial charge in [-0.2, -0.15) is 0 Å². The monoisotopic (exact) mass is 471 g/mol. The Kier molecular flexibility index (Phi) is 6.90. The Morgan fingerprint density at radius 3 is 2.67 bits per heavy atom. The number of nitrogens with zero attached hydrogens (tertiary/aromatic N) is 3. The second kappa shape index (κ2) is 10.0. The second-order valence-electron chi connectivity index (χ2n) is 7.51. The maximum absolute atomic E-state index is 12.7. The summed E-state index contributed by atoms with van der Waals surface area (Å²) in [6, 6.07) is 13.3. The average Bonchev–Trinajstić information content (AvgIpc) is 3.07. The Hall–Kier alpha value is -3.44. The third-order valence-electron chi connectivity index (χ3n) is 5.27. The first-order chi connectivity index (χ1) is 15.9. The molecule has 1 unspecified atom stereocenters. The minimum atomic E-state index is -0.935. The number of ether oxygens (including phenoxy) is 2. The summed E-state index contributed by atoms with van der Waals surface area (Å²) in [6.45, 7) is 0.945. The second-order valence-corrected chi connectivity index (χ2v) is 8.47. The van der Waals surface area contributed by atoms with E-state index < -0.39 is 11.2 Å². The number of benzene rings is 2. The van der Waals surface area contributed by atoms with Gasteiger partial charge in [0.15, 0.2) is 6.73 Å². The van der Waals surface area contributed by atoms with Gasteiger partial charge >= 0.3 is 0 Å². The molecular formula is C22H21N3O7S. The van der Waals surface area contributed by atoms with E-state index in [2.05, 4.69) is 0 Å².